The van der Waals surface area contributed by atoms with Gasteiger partial charge in [0.1, 0.15) is 0 Å². The van der Waals surface area contributed by atoms with Crippen molar-refractivity contribution in [3.63, 3.8) is 0 Å². The molecule has 0 spiro atoms. The van der Waals surface area contributed by atoms with Gasteiger partial charge >= 0.3 is 0 Å². The fourth-order valence-corrected chi connectivity index (χ4v) is 2.75. The van der Waals surface area contributed by atoms with Crippen molar-refractivity contribution in [3.8, 4) is 0 Å². The number of nitrogens with two attached hydrogens (primary N) is 1. The van der Waals surface area contributed by atoms with Gasteiger partial charge in [0.25, 0.3) is 0 Å². The van der Waals surface area contributed by atoms with Crippen LogP contribution in [0.25, 0.3) is 10.9 Å². The van der Waals surface area contributed by atoms with Crippen LogP contribution in [0.4, 0.5) is 5.69 Å². The minimum atomic E-state index is 0.968. The molecule has 1 heterocycles. The van der Waals surface area contributed by atoms with Crippen LogP contribution in [0.15, 0.2) is 18.2 Å². The van der Waals surface area contributed by atoms with E-state index in [1.54, 1.807) is 0 Å². The Morgan fingerprint density at radius 3 is 2.82 bits per heavy atom. The molecular formula is C15H18N2. The molecule has 0 radical (unpaired) electrons. The Labute approximate surface area is 102 Å². The van der Waals surface area contributed by atoms with Gasteiger partial charge in [-0.15, -0.1) is 0 Å². The highest BCUT2D eigenvalue weighted by atomic mass is 14.7. The van der Waals surface area contributed by atoms with Gasteiger partial charge in [0.2, 0.25) is 0 Å². The van der Waals surface area contributed by atoms with Crippen molar-refractivity contribution in [1.82, 2.24) is 4.98 Å². The molecule has 1 aliphatic rings. The van der Waals surface area contributed by atoms with Crippen LogP contribution < -0.4 is 5.73 Å². The fraction of sp³-hybridized carbons (Fsp3) is 0.400. The summed E-state index contributed by atoms with van der Waals surface area (Å²) in [6.45, 7) is 2.10. The number of nitrogen functional groups attached to an aromatic ring is 1. The molecule has 0 atom stereocenters. The van der Waals surface area contributed by atoms with Crippen LogP contribution in [0, 0.1) is 6.92 Å². The number of hydrogen-bond acceptors (Lipinski definition) is 2. The van der Waals surface area contributed by atoms with Gasteiger partial charge in [-0.25, -0.2) is 0 Å². The first-order chi connectivity index (χ1) is 8.25. The number of benzene rings is 1. The Hall–Kier alpha value is -1.57. The molecule has 2 aromatic rings. The largest absolute Gasteiger partial charge is 0.398 e. The molecule has 0 saturated heterocycles. The van der Waals surface area contributed by atoms with Crippen LogP contribution in [-0.4, -0.2) is 4.98 Å². The first-order valence-corrected chi connectivity index (χ1v) is 6.43. The van der Waals surface area contributed by atoms with Gasteiger partial charge in [0, 0.05) is 16.8 Å². The first kappa shape index (κ1) is 10.6. The summed E-state index contributed by atoms with van der Waals surface area (Å²) in [6.07, 6.45) is 5.97. The van der Waals surface area contributed by atoms with Crippen LogP contribution >= 0.6 is 0 Å². The molecule has 0 amide bonds. The maximum absolute atomic E-state index is 6.34. The molecule has 2 nitrogen and oxygen atoms in total. The van der Waals surface area contributed by atoms with Gasteiger partial charge in [-0.2, -0.15) is 0 Å². The molecule has 2 heteroatoms. The molecule has 0 bridgehead atoms. The quantitative estimate of drug-likeness (QED) is 0.699. The SMILES string of the molecule is Cc1ccc2nc3c(c(N)c2c1)CCCCC3. The number of aromatic nitrogens is 1. The summed E-state index contributed by atoms with van der Waals surface area (Å²) < 4.78 is 0. The molecule has 1 aliphatic carbocycles. The molecule has 3 rings (SSSR count). The summed E-state index contributed by atoms with van der Waals surface area (Å²) in [7, 11) is 0. The van der Waals surface area contributed by atoms with Gasteiger partial charge in [-0.1, -0.05) is 18.1 Å². The third-order valence-corrected chi connectivity index (χ3v) is 3.71. The van der Waals surface area contributed by atoms with E-state index in [9.17, 15) is 0 Å². The lowest BCUT2D eigenvalue weighted by molar-refractivity contribution is 0.709. The Bertz CT molecular complexity index is 573. The first-order valence-electron chi connectivity index (χ1n) is 6.43. The molecule has 0 saturated carbocycles. The second kappa shape index (κ2) is 4.02. The van der Waals surface area contributed by atoms with Crippen LogP contribution in [0.5, 0.6) is 0 Å². The van der Waals surface area contributed by atoms with Crippen LogP contribution in [0.2, 0.25) is 0 Å². The summed E-state index contributed by atoms with van der Waals surface area (Å²) in [5, 5.41) is 1.13. The zero-order chi connectivity index (χ0) is 11.8. The number of rotatable bonds is 0. The van der Waals surface area contributed by atoms with Crippen LogP contribution in [0.3, 0.4) is 0 Å². The molecule has 0 aliphatic heterocycles. The normalized spacial score (nSPS) is 15.6. The predicted molar refractivity (Wildman–Crippen MR) is 72.2 cm³/mol. The van der Waals surface area contributed by atoms with Crippen molar-refractivity contribution in [1.29, 1.82) is 0 Å². The molecule has 2 N–H and O–H groups in total. The number of hydrogen-bond donors (Lipinski definition) is 1. The van der Waals surface area contributed by atoms with Crippen molar-refractivity contribution in [2.75, 3.05) is 5.73 Å². The van der Waals surface area contributed by atoms with E-state index in [0.29, 0.717) is 0 Å². The lowest BCUT2D eigenvalue weighted by atomic mass is 10.0. The average molecular weight is 226 g/mol. The van der Waals surface area contributed by atoms with Gasteiger partial charge < -0.3 is 5.73 Å². The van der Waals surface area contributed by atoms with Gasteiger partial charge in [0.15, 0.2) is 0 Å². The van der Waals surface area contributed by atoms with E-state index in [0.717, 1.165) is 29.4 Å². The zero-order valence-corrected chi connectivity index (χ0v) is 10.3. The molecule has 0 fully saturated rings. The third-order valence-electron chi connectivity index (χ3n) is 3.71. The highest BCUT2D eigenvalue weighted by Crippen LogP contribution is 2.30. The molecule has 0 unspecified atom stereocenters. The second-order valence-electron chi connectivity index (χ2n) is 5.03. The summed E-state index contributed by atoms with van der Waals surface area (Å²) in [6, 6.07) is 6.35. The predicted octanol–water partition coefficient (Wildman–Crippen LogP) is 3.39. The van der Waals surface area contributed by atoms with Crippen molar-refractivity contribution < 1.29 is 0 Å². The van der Waals surface area contributed by atoms with E-state index in [4.69, 9.17) is 10.7 Å². The number of fused-ring (bicyclic) bond motifs is 2. The van der Waals surface area contributed by atoms with E-state index in [1.807, 2.05) is 0 Å². The second-order valence-corrected chi connectivity index (χ2v) is 5.03. The standard InChI is InChI=1S/C15H18N2/c1-10-7-8-14-12(9-10)15(16)11-5-3-2-4-6-13(11)17-14/h7-9H,2-6H2,1H3,(H2,16,17). The van der Waals surface area contributed by atoms with E-state index in [1.165, 1.54) is 36.1 Å². The van der Waals surface area contributed by atoms with Crippen molar-refractivity contribution in [3.05, 3.63) is 35.0 Å². The minimum absolute atomic E-state index is 0.968. The summed E-state index contributed by atoms with van der Waals surface area (Å²) in [5.41, 5.74) is 12.1. The van der Waals surface area contributed by atoms with Gasteiger partial charge in [0.05, 0.1) is 5.52 Å². The maximum atomic E-state index is 6.34. The van der Waals surface area contributed by atoms with Crippen molar-refractivity contribution >= 4 is 16.6 Å². The van der Waals surface area contributed by atoms with Crippen molar-refractivity contribution in [2.45, 2.75) is 39.0 Å². The molecule has 17 heavy (non-hydrogen) atoms. The van der Waals surface area contributed by atoms with E-state index in [-0.39, 0.29) is 0 Å². The van der Waals surface area contributed by atoms with Gasteiger partial charge in [-0.05, 0) is 50.3 Å². The smallest absolute Gasteiger partial charge is 0.0726 e. The number of aryl methyl sites for hydroxylation is 2. The van der Waals surface area contributed by atoms with E-state index < -0.39 is 0 Å². The molecule has 88 valence electrons. The Morgan fingerprint density at radius 2 is 1.94 bits per heavy atom. The highest BCUT2D eigenvalue weighted by Gasteiger charge is 2.15. The molecule has 1 aromatic carbocycles. The Kier molecular flexibility index (Phi) is 2.50. The minimum Gasteiger partial charge on any atom is -0.398 e. The van der Waals surface area contributed by atoms with Crippen molar-refractivity contribution in [2.24, 2.45) is 0 Å². The summed E-state index contributed by atoms with van der Waals surface area (Å²) in [5.74, 6) is 0. The molecular weight excluding hydrogens is 208 g/mol. The Morgan fingerprint density at radius 1 is 1.12 bits per heavy atom. The van der Waals surface area contributed by atoms with Gasteiger partial charge in [-0.3, -0.25) is 4.98 Å². The number of nitrogens with zero attached hydrogens (tertiary/aromatic N) is 1. The average Bonchev–Trinajstić information content (AvgIpc) is 2.56. The number of pyridine rings is 1. The van der Waals surface area contributed by atoms with E-state index >= 15 is 0 Å². The summed E-state index contributed by atoms with van der Waals surface area (Å²) in [4.78, 5) is 4.80. The zero-order valence-electron chi connectivity index (χ0n) is 10.3. The number of anilines is 1. The van der Waals surface area contributed by atoms with E-state index in [2.05, 4.69) is 25.1 Å². The summed E-state index contributed by atoms with van der Waals surface area (Å²) >= 11 is 0. The lowest BCUT2D eigenvalue weighted by Crippen LogP contribution is -2.03. The van der Waals surface area contributed by atoms with Crippen LogP contribution in [-0.2, 0) is 12.8 Å². The molecule has 1 aromatic heterocycles. The van der Waals surface area contributed by atoms with Crippen LogP contribution in [0.1, 0.15) is 36.1 Å². The Balaban J connectivity index is 2.29. The monoisotopic (exact) mass is 226 g/mol. The third kappa shape index (κ3) is 1.78. The lowest BCUT2D eigenvalue weighted by Gasteiger charge is -2.12. The maximum Gasteiger partial charge on any atom is 0.0726 e. The fourth-order valence-electron chi connectivity index (χ4n) is 2.75. The topological polar surface area (TPSA) is 38.9 Å². The highest BCUT2D eigenvalue weighted by molar-refractivity contribution is 5.92.